The molecule has 36 heavy (non-hydrogen) atoms. The van der Waals surface area contributed by atoms with Crippen LogP contribution < -0.4 is 0 Å². The van der Waals surface area contributed by atoms with Crippen molar-refractivity contribution in [3.63, 3.8) is 0 Å². The Labute approximate surface area is 216 Å². The van der Waals surface area contributed by atoms with Crippen molar-refractivity contribution in [1.82, 2.24) is 0 Å². The van der Waals surface area contributed by atoms with Crippen molar-refractivity contribution in [2.75, 3.05) is 0 Å². The molecule has 1 aromatic heterocycles. The summed E-state index contributed by atoms with van der Waals surface area (Å²) in [5.41, 5.74) is 5.97. The first kappa shape index (κ1) is 24.2. The van der Waals surface area contributed by atoms with Crippen LogP contribution in [0, 0.1) is 10.1 Å². The van der Waals surface area contributed by atoms with Crippen molar-refractivity contribution in [2.45, 2.75) is 52.4 Å². The number of nitro benzene ring substituents is 1. The van der Waals surface area contributed by atoms with Crippen LogP contribution in [-0.4, -0.2) is 4.92 Å². The predicted molar refractivity (Wildman–Crippen MR) is 154 cm³/mol. The van der Waals surface area contributed by atoms with Gasteiger partial charge in [-0.1, -0.05) is 96.1 Å². The molecule has 4 aromatic carbocycles. The van der Waals surface area contributed by atoms with Gasteiger partial charge in [0.1, 0.15) is 0 Å². The average Bonchev–Trinajstić information content (AvgIpc) is 3.21. The molecule has 0 atom stereocenters. The number of nitrogens with zero attached hydrogens (tertiary/aromatic N) is 1. The van der Waals surface area contributed by atoms with Gasteiger partial charge in [0.15, 0.2) is 0 Å². The molecule has 0 spiro atoms. The lowest BCUT2D eigenvalue weighted by Gasteiger charge is -2.26. The van der Waals surface area contributed by atoms with E-state index in [2.05, 4.69) is 77.9 Å². The van der Waals surface area contributed by atoms with Gasteiger partial charge in [-0.05, 0) is 56.8 Å². The zero-order valence-corrected chi connectivity index (χ0v) is 22.5. The Bertz CT molecular complexity index is 1600. The molecule has 0 aliphatic rings. The largest absolute Gasteiger partial charge is 0.277 e. The van der Waals surface area contributed by atoms with E-state index in [1.165, 1.54) is 15.8 Å². The molecule has 0 saturated carbocycles. The normalized spacial score (nSPS) is 12.4. The Morgan fingerprint density at radius 2 is 1.31 bits per heavy atom. The van der Waals surface area contributed by atoms with Crippen LogP contribution in [0.15, 0.2) is 78.9 Å². The summed E-state index contributed by atoms with van der Waals surface area (Å²) in [6.07, 6.45) is 0. The second-order valence-corrected chi connectivity index (χ2v) is 12.6. The Morgan fingerprint density at radius 3 is 1.94 bits per heavy atom. The first-order chi connectivity index (χ1) is 16.9. The molecule has 0 aliphatic heterocycles. The third-order valence-corrected chi connectivity index (χ3v) is 8.02. The second-order valence-electron chi connectivity index (χ2n) is 11.6. The summed E-state index contributed by atoms with van der Waals surface area (Å²) < 4.78 is 2.33. The van der Waals surface area contributed by atoms with E-state index in [9.17, 15) is 10.1 Å². The first-order valence-corrected chi connectivity index (χ1v) is 13.1. The predicted octanol–water partition coefficient (Wildman–Crippen LogP) is 9.89. The Kier molecular flexibility index (Phi) is 5.76. The fourth-order valence-corrected chi connectivity index (χ4v) is 5.88. The van der Waals surface area contributed by atoms with Crippen molar-refractivity contribution in [1.29, 1.82) is 0 Å². The highest BCUT2D eigenvalue weighted by Crippen LogP contribution is 2.43. The van der Waals surface area contributed by atoms with Gasteiger partial charge in [0.05, 0.1) is 10.5 Å². The van der Waals surface area contributed by atoms with E-state index in [-0.39, 0.29) is 21.4 Å². The van der Waals surface area contributed by atoms with E-state index in [0.29, 0.717) is 5.56 Å². The molecule has 5 rings (SSSR count). The maximum atomic E-state index is 12.4. The van der Waals surface area contributed by atoms with Gasteiger partial charge in [-0.3, -0.25) is 10.1 Å². The molecule has 3 nitrogen and oxygen atoms in total. The fourth-order valence-electron chi connectivity index (χ4n) is 4.75. The van der Waals surface area contributed by atoms with Crippen molar-refractivity contribution in [2.24, 2.45) is 0 Å². The topological polar surface area (TPSA) is 43.1 Å². The van der Waals surface area contributed by atoms with Crippen LogP contribution >= 0.6 is 11.3 Å². The number of thiophene rings is 1. The molecule has 0 amide bonds. The summed E-state index contributed by atoms with van der Waals surface area (Å²) in [6.45, 7) is 13.2. The molecule has 0 saturated heterocycles. The average molecular weight is 494 g/mol. The van der Waals surface area contributed by atoms with Crippen molar-refractivity contribution in [3.05, 3.63) is 100 Å². The molecule has 4 heteroatoms. The van der Waals surface area contributed by atoms with E-state index in [4.69, 9.17) is 0 Å². The zero-order chi connectivity index (χ0) is 25.8. The molecule has 0 aliphatic carbocycles. The second kappa shape index (κ2) is 8.56. The van der Waals surface area contributed by atoms with E-state index >= 15 is 0 Å². The maximum absolute atomic E-state index is 12.4. The molecule has 0 radical (unpaired) electrons. The molecular weight excluding hydrogens is 462 g/mol. The van der Waals surface area contributed by atoms with Crippen LogP contribution in [0.3, 0.4) is 0 Å². The molecule has 1 heterocycles. The lowest BCUT2D eigenvalue weighted by molar-refractivity contribution is -0.384. The Hall–Kier alpha value is -3.50. The highest BCUT2D eigenvalue weighted by atomic mass is 32.1. The van der Waals surface area contributed by atoms with Gasteiger partial charge in [-0.25, -0.2) is 0 Å². The van der Waals surface area contributed by atoms with Crippen molar-refractivity contribution < 1.29 is 4.92 Å². The van der Waals surface area contributed by atoms with Crippen LogP contribution in [0.25, 0.3) is 42.4 Å². The monoisotopic (exact) mass is 493 g/mol. The molecule has 0 N–H and O–H groups in total. The van der Waals surface area contributed by atoms with E-state index in [1.807, 2.05) is 36.4 Å². The zero-order valence-electron chi connectivity index (χ0n) is 21.7. The van der Waals surface area contributed by atoms with E-state index in [0.717, 1.165) is 32.2 Å². The Balaban J connectivity index is 1.74. The van der Waals surface area contributed by atoms with Crippen molar-refractivity contribution >= 4 is 37.2 Å². The SMILES string of the molecule is CC(C)(C)c1cc(-c2ccc(-c3cccc4sc5ccccc5c34)c([N+](=O)[O-])c2)cc(C(C)(C)C)c1. The molecular formula is C32H31NO2S. The number of benzene rings is 4. The smallest absolute Gasteiger partial charge is 0.258 e. The standard InChI is InChI=1S/C32H31NO2S/c1-31(2,3)22-16-21(17-23(19-22)32(4,5)6)20-14-15-24(27(18-20)33(34)35)25-11-9-13-29-30(25)26-10-7-8-12-28(26)36-29/h7-19H,1-6H3. The quantitative estimate of drug-likeness (QED) is 0.185. The summed E-state index contributed by atoms with van der Waals surface area (Å²) >= 11 is 1.72. The minimum atomic E-state index is -0.246. The van der Waals surface area contributed by atoms with Crippen LogP contribution in [-0.2, 0) is 10.8 Å². The lowest BCUT2D eigenvalue weighted by Crippen LogP contribution is -2.16. The molecule has 0 unspecified atom stereocenters. The minimum Gasteiger partial charge on any atom is -0.258 e. The van der Waals surface area contributed by atoms with Crippen LogP contribution in [0.2, 0.25) is 0 Å². The highest BCUT2D eigenvalue weighted by Gasteiger charge is 2.23. The van der Waals surface area contributed by atoms with Gasteiger partial charge >= 0.3 is 0 Å². The summed E-state index contributed by atoms with van der Waals surface area (Å²) in [7, 11) is 0. The molecule has 182 valence electrons. The van der Waals surface area contributed by atoms with Gasteiger partial charge in [0.25, 0.3) is 5.69 Å². The summed E-state index contributed by atoms with van der Waals surface area (Å²) in [4.78, 5) is 12.1. The van der Waals surface area contributed by atoms with E-state index < -0.39 is 0 Å². The minimum absolute atomic E-state index is 0.0302. The molecule has 0 fully saturated rings. The van der Waals surface area contributed by atoms with Gasteiger partial charge < -0.3 is 0 Å². The third kappa shape index (κ3) is 4.31. The van der Waals surface area contributed by atoms with Gasteiger partial charge in [-0.2, -0.15) is 0 Å². The number of nitro groups is 1. The van der Waals surface area contributed by atoms with Crippen LogP contribution in [0.1, 0.15) is 52.7 Å². The van der Waals surface area contributed by atoms with Crippen LogP contribution in [0.5, 0.6) is 0 Å². The number of hydrogen-bond acceptors (Lipinski definition) is 3. The first-order valence-electron chi connectivity index (χ1n) is 12.3. The number of rotatable bonds is 3. The highest BCUT2D eigenvalue weighted by molar-refractivity contribution is 7.25. The lowest BCUT2D eigenvalue weighted by atomic mass is 9.79. The molecule has 5 aromatic rings. The molecule has 0 bridgehead atoms. The fraction of sp³-hybridized carbons (Fsp3) is 0.250. The van der Waals surface area contributed by atoms with Crippen LogP contribution in [0.4, 0.5) is 5.69 Å². The van der Waals surface area contributed by atoms with Gasteiger partial charge in [-0.15, -0.1) is 11.3 Å². The summed E-state index contributed by atoms with van der Waals surface area (Å²) in [5.74, 6) is 0. The van der Waals surface area contributed by atoms with E-state index in [1.54, 1.807) is 17.4 Å². The Morgan fingerprint density at radius 1 is 0.667 bits per heavy atom. The number of fused-ring (bicyclic) bond motifs is 3. The number of hydrogen-bond donors (Lipinski definition) is 0. The third-order valence-electron chi connectivity index (χ3n) is 6.89. The summed E-state index contributed by atoms with van der Waals surface area (Å²) in [6, 6.07) is 26.7. The van der Waals surface area contributed by atoms with Gasteiger partial charge in [0.2, 0.25) is 0 Å². The summed E-state index contributed by atoms with van der Waals surface area (Å²) in [5, 5.41) is 14.6. The maximum Gasteiger partial charge on any atom is 0.277 e. The van der Waals surface area contributed by atoms with Gasteiger partial charge in [0, 0.05) is 26.2 Å². The van der Waals surface area contributed by atoms with Crippen molar-refractivity contribution in [3.8, 4) is 22.3 Å².